The van der Waals surface area contributed by atoms with Crippen molar-refractivity contribution in [1.29, 1.82) is 0 Å². The highest BCUT2D eigenvalue weighted by molar-refractivity contribution is 5.82. The van der Waals surface area contributed by atoms with E-state index in [-0.39, 0.29) is 18.1 Å². The molecule has 1 amide bonds. The Morgan fingerprint density at radius 2 is 2.00 bits per heavy atom. The van der Waals surface area contributed by atoms with Crippen LogP contribution in [-0.4, -0.2) is 68.2 Å². The summed E-state index contributed by atoms with van der Waals surface area (Å²) in [7, 11) is 4.13. The number of carbonyl (C=O) groups excluding carboxylic acids is 1. The number of benzene rings is 1. The maximum atomic E-state index is 12.9. The molecule has 2 atom stereocenters. The lowest BCUT2D eigenvalue weighted by Crippen LogP contribution is -2.52. The molecule has 0 radical (unpaired) electrons. The van der Waals surface area contributed by atoms with Gasteiger partial charge in [-0.2, -0.15) is 0 Å². The topological polar surface area (TPSA) is 36.0 Å². The highest BCUT2D eigenvalue weighted by Gasteiger charge is 2.33. The molecule has 0 N–H and O–H groups in total. The first-order chi connectivity index (χ1) is 10.6. The molecule has 2 heterocycles. The van der Waals surface area contributed by atoms with Crippen LogP contribution in [0.25, 0.3) is 0 Å². The van der Waals surface area contributed by atoms with E-state index >= 15 is 0 Å². The molecule has 2 aliphatic heterocycles. The van der Waals surface area contributed by atoms with Crippen LogP contribution in [0.1, 0.15) is 12.5 Å². The van der Waals surface area contributed by atoms with Gasteiger partial charge in [0.1, 0.15) is 6.10 Å². The third kappa shape index (κ3) is 2.96. The SMILES string of the molecule is C[C@@H]1CN(C)c2ccccc2CN1C(=O)[C@@H]1CN(C)CCO1. The monoisotopic (exact) mass is 303 g/mol. The zero-order chi connectivity index (χ0) is 15.7. The fraction of sp³-hybridized carbons (Fsp3) is 0.588. The lowest BCUT2D eigenvalue weighted by molar-refractivity contribution is -0.151. The summed E-state index contributed by atoms with van der Waals surface area (Å²) in [5, 5.41) is 0. The molecule has 1 aromatic carbocycles. The van der Waals surface area contributed by atoms with Gasteiger partial charge in [0.2, 0.25) is 0 Å². The third-order valence-corrected chi connectivity index (χ3v) is 4.64. The van der Waals surface area contributed by atoms with Gasteiger partial charge in [0, 0.05) is 45.0 Å². The first-order valence-corrected chi connectivity index (χ1v) is 7.96. The number of fused-ring (bicyclic) bond motifs is 1. The smallest absolute Gasteiger partial charge is 0.253 e. The van der Waals surface area contributed by atoms with Crippen molar-refractivity contribution in [1.82, 2.24) is 9.80 Å². The summed E-state index contributed by atoms with van der Waals surface area (Å²) in [4.78, 5) is 19.3. The quantitative estimate of drug-likeness (QED) is 0.781. The number of amides is 1. The van der Waals surface area contributed by atoms with Crippen LogP contribution in [0.2, 0.25) is 0 Å². The summed E-state index contributed by atoms with van der Waals surface area (Å²) in [6.45, 7) is 5.82. The molecule has 0 unspecified atom stereocenters. The molecule has 1 aromatic rings. The fourth-order valence-electron chi connectivity index (χ4n) is 3.36. The number of anilines is 1. The number of ether oxygens (including phenoxy) is 1. The average molecular weight is 303 g/mol. The second-order valence-corrected chi connectivity index (χ2v) is 6.45. The van der Waals surface area contributed by atoms with Crippen LogP contribution in [0.3, 0.4) is 0 Å². The molecular weight excluding hydrogens is 278 g/mol. The second kappa shape index (κ2) is 6.26. The molecule has 1 fully saturated rings. The number of hydrogen-bond donors (Lipinski definition) is 0. The molecule has 0 saturated carbocycles. The first kappa shape index (κ1) is 15.3. The Morgan fingerprint density at radius 3 is 2.77 bits per heavy atom. The van der Waals surface area contributed by atoms with Crippen LogP contribution < -0.4 is 4.90 Å². The average Bonchev–Trinajstić information content (AvgIpc) is 2.63. The molecule has 5 nitrogen and oxygen atoms in total. The Balaban J connectivity index is 1.82. The van der Waals surface area contributed by atoms with Crippen LogP contribution in [0.15, 0.2) is 24.3 Å². The fourth-order valence-corrected chi connectivity index (χ4v) is 3.36. The van der Waals surface area contributed by atoms with Crippen LogP contribution in [0.4, 0.5) is 5.69 Å². The van der Waals surface area contributed by atoms with Crippen LogP contribution in [0, 0.1) is 0 Å². The van der Waals surface area contributed by atoms with Gasteiger partial charge in [-0.15, -0.1) is 0 Å². The largest absolute Gasteiger partial charge is 0.372 e. The van der Waals surface area contributed by atoms with Crippen molar-refractivity contribution in [3.05, 3.63) is 29.8 Å². The number of para-hydroxylation sites is 1. The summed E-state index contributed by atoms with van der Waals surface area (Å²) in [5.74, 6) is 0.115. The van der Waals surface area contributed by atoms with E-state index in [2.05, 4.69) is 42.0 Å². The van der Waals surface area contributed by atoms with Gasteiger partial charge < -0.3 is 19.4 Å². The number of likely N-dealkylation sites (N-methyl/N-ethyl adjacent to an activating group) is 2. The molecule has 0 aromatic heterocycles. The summed E-state index contributed by atoms with van der Waals surface area (Å²) in [6.07, 6.45) is -0.336. The Labute approximate surface area is 132 Å². The van der Waals surface area contributed by atoms with Crippen molar-refractivity contribution in [2.45, 2.75) is 25.6 Å². The third-order valence-electron chi connectivity index (χ3n) is 4.64. The number of hydrogen-bond acceptors (Lipinski definition) is 4. The summed E-state index contributed by atoms with van der Waals surface area (Å²) in [5.41, 5.74) is 2.41. The highest BCUT2D eigenvalue weighted by atomic mass is 16.5. The van der Waals surface area contributed by atoms with Gasteiger partial charge in [-0.1, -0.05) is 18.2 Å². The lowest BCUT2D eigenvalue weighted by Gasteiger charge is -2.35. The molecule has 3 rings (SSSR count). The highest BCUT2D eigenvalue weighted by Crippen LogP contribution is 2.26. The first-order valence-electron chi connectivity index (χ1n) is 7.96. The van der Waals surface area contributed by atoms with E-state index in [0.29, 0.717) is 19.7 Å². The second-order valence-electron chi connectivity index (χ2n) is 6.45. The van der Waals surface area contributed by atoms with Crippen LogP contribution >= 0.6 is 0 Å². The summed E-state index contributed by atoms with van der Waals surface area (Å²) < 4.78 is 5.72. The molecule has 5 heteroatoms. The zero-order valence-corrected chi connectivity index (χ0v) is 13.7. The van der Waals surface area contributed by atoms with Gasteiger partial charge in [0.05, 0.1) is 6.61 Å². The van der Waals surface area contributed by atoms with Crippen molar-refractivity contribution in [2.24, 2.45) is 0 Å². The van der Waals surface area contributed by atoms with E-state index < -0.39 is 0 Å². The molecule has 1 saturated heterocycles. The minimum atomic E-state index is -0.336. The molecule has 0 bridgehead atoms. The predicted molar refractivity (Wildman–Crippen MR) is 87.0 cm³/mol. The lowest BCUT2D eigenvalue weighted by atomic mass is 10.1. The Hall–Kier alpha value is -1.59. The van der Waals surface area contributed by atoms with Crippen molar-refractivity contribution in [3.8, 4) is 0 Å². The Kier molecular flexibility index (Phi) is 4.36. The normalized spacial score (nSPS) is 26.5. The van der Waals surface area contributed by atoms with E-state index in [1.165, 1.54) is 11.3 Å². The molecule has 0 spiro atoms. The number of morpholine rings is 1. The molecule has 22 heavy (non-hydrogen) atoms. The van der Waals surface area contributed by atoms with E-state index in [4.69, 9.17) is 4.74 Å². The predicted octanol–water partition coefficient (Wildman–Crippen LogP) is 1.18. The summed E-state index contributed by atoms with van der Waals surface area (Å²) >= 11 is 0. The minimum absolute atomic E-state index is 0.115. The summed E-state index contributed by atoms with van der Waals surface area (Å²) in [6, 6.07) is 8.49. The maximum absolute atomic E-state index is 12.9. The number of rotatable bonds is 1. The Bertz CT molecular complexity index is 548. The number of nitrogens with zero attached hydrogens (tertiary/aromatic N) is 3. The van der Waals surface area contributed by atoms with Crippen molar-refractivity contribution < 1.29 is 9.53 Å². The van der Waals surface area contributed by atoms with Crippen molar-refractivity contribution in [3.63, 3.8) is 0 Å². The molecule has 2 aliphatic rings. The van der Waals surface area contributed by atoms with E-state index in [1.54, 1.807) is 0 Å². The molecule has 120 valence electrons. The van der Waals surface area contributed by atoms with Gasteiger partial charge in [0.15, 0.2) is 0 Å². The van der Waals surface area contributed by atoms with E-state index in [9.17, 15) is 4.79 Å². The minimum Gasteiger partial charge on any atom is -0.372 e. The van der Waals surface area contributed by atoms with Crippen molar-refractivity contribution >= 4 is 11.6 Å². The van der Waals surface area contributed by atoms with Crippen LogP contribution in [0.5, 0.6) is 0 Å². The number of carbonyl (C=O) groups is 1. The molecule has 0 aliphatic carbocycles. The van der Waals surface area contributed by atoms with Gasteiger partial charge in [0.25, 0.3) is 5.91 Å². The van der Waals surface area contributed by atoms with E-state index in [0.717, 1.165) is 13.1 Å². The Morgan fingerprint density at radius 1 is 1.23 bits per heavy atom. The molecular formula is C17H25N3O2. The van der Waals surface area contributed by atoms with Gasteiger partial charge in [-0.25, -0.2) is 0 Å². The maximum Gasteiger partial charge on any atom is 0.253 e. The van der Waals surface area contributed by atoms with Crippen LogP contribution in [-0.2, 0) is 16.1 Å². The van der Waals surface area contributed by atoms with Gasteiger partial charge in [-0.3, -0.25) is 4.79 Å². The zero-order valence-electron chi connectivity index (χ0n) is 13.7. The van der Waals surface area contributed by atoms with E-state index in [1.807, 2.05) is 18.0 Å². The standard InChI is InChI=1S/C17H25N3O2/c1-13-10-19(3)15-7-5-4-6-14(15)11-20(13)17(21)16-12-18(2)8-9-22-16/h4-7,13,16H,8-12H2,1-3H3/t13-,16+/m1/s1. The van der Waals surface area contributed by atoms with Crippen molar-refractivity contribution in [2.75, 3.05) is 45.2 Å². The van der Waals surface area contributed by atoms with Gasteiger partial charge in [-0.05, 0) is 25.6 Å². The van der Waals surface area contributed by atoms with Gasteiger partial charge >= 0.3 is 0 Å².